The van der Waals surface area contributed by atoms with Gasteiger partial charge in [0.15, 0.2) is 0 Å². The molecule has 3 N–H and O–H groups in total. The average molecular weight is 241 g/mol. The Hall–Kier alpha value is -1.06. The Morgan fingerprint density at radius 1 is 1.50 bits per heavy atom. The van der Waals surface area contributed by atoms with Crippen molar-refractivity contribution in [3.05, 3.63) is 34.3 Å². The van der Waals surface area contributed by atoms with Crippen molar-refractivity contribution < 1.29 is 4.79 Å². The highest BCUT2D eigenvalue weighted by Gasteiger charge is 2.20. The molecule has 1 rings (SSSR count). The fraction of sp³-hybridized carbons (Fsp3) is 0.417. The van der Waals surface area contributed by atoms with Gasteiger partial charge in [-0.25, -0.2) is 0 Å². The van der Waals surface area contributed by atoms with E-state index in [1.54, 1.807) is 18.2 Å². The number of halogens is 1. The summed E-state index contributed by atoms with van der Waals surface area (Å²) in [6.07, 6.45) is 0. The lowest BCUT2D eigenvalue weighted by Crippen LogP contribution is -2.49. The molecule has 88 valence electrons. The predicted octanol–water partition coefficient (Wildman–Crippen LogP) is 2.12. The van der Waals surface area contributed by atoms with E-state index in [-0.39, 0.29) is 5.91 Å². The molecule has 1 aromatic carbocycles. The van der Waals surface area contributed by atoms with E-state index < -0.39 is 5.54 Å². The number of carbonyl (C=O) groups excluding carboxylic acids is 1. The Labute approximate surface area is 101 Å². The number of nitrogens with one attached hydrogen (secondary N) is 1. The third kappa shape index (κ3) is 2.97. The molecule has 0 fully saturated rings. The molecule has 1 aromatic rings. The maximum atomic E-state index is 12.0. The van der Waals surface area contributed by atoms with Crippen LogP contribution in [0.25, 0.3) is 0 Å². The SMILES string of the molecule is Cc1c(Cl)cccc1C(=O)NC(C)(C)CN. The summed E-state index contributed by atoms with van der Waals surface area (Å²) in [7, 11) is 0. The Morgan fingerprint density at radius 3 is 2.69 bits per heavy atom. The first-order valence-electron chi connectivity index (χ1n) is 5.15. The number of rotatable bonds is 3. The molecule has 0 aliphatic rings. The second-order valence-corrected chi connectivity index (χ2v) is 4.86. The molecule has 1 amide bonds. The van der Waals surface area contributed by atoms with E-state index in [1.165, 1.54) is 0 Å². The number of carbonyl (C=O) groups is 1. The van der Waals surface area contributed by atoms with Crippen LogP contribution in [0.5, 0.6) is 0 Å². The van der Waals surface area contributed by atoms with Gasteiger partial charge in [0.25, 0.3) is 5.91 Å². The van der Waals surface area contributed by atoms with E-state index >= 15 is 0 Å². The molecule has 3 nitrogen and oxygen atoms in total. The summed E-state index contributed by atoms with van der Waals surface area (Å²) >= 11 is 5.96. The van der Waals surface area contributed by atoms with Crippen molar-refractivity contribution in [1.29, 1.82) is 0 Å². The normalized spacial score (nSPS) is 11.3. The Bertz CT molecular complexity index is 402. The first-order valence-corrected chi connectivity index (χ1v) is 5.53. The summed E-state index contributed by atoms with van der Waals surface area (Å²) in [6, 6.07) is 5.28. The van der Waals surface area contributed by atoms with Crippen LogP contribution in [0.2, 0.25) is 5.02 Å². The molecule has 0 saturated carbocycles. The van der Waals surface area contributed by atoms with Crippen LogP contribution in [-0.4, -0.2) is 18.0 Å². The summed E-state index contributed by atoms with van der Waals surface area (Å²) in [5.74, 6) is -0.143. The van der Waals surface area contributed by atoms with Gasteiger partial charge >= 0.3 is 0 Å². The van der Waals surface area contributed by atoms with Crippen LogP contribution in [-0.2, 0) is 0 Å². The van der Waals surface area contributed by atoms with Crippen molar-refractivity contribution in [3.63, 3.8) is 0 Å². The summed E-state index contributed by atoms with van der Waals surface area (Å²) in [5.41, 5.74) is 6.53. The Kier molecular flexibility index (Phi) is 3.94. The minimum atomic E-state index is -0.411. The highest BCUT2D eigenvalue weighted by Crippen LogP contribution is 2.19. The number of amides is 1. The third-order valence-corrected chi connectivity index (χ3v) is 2.88. The van der Waals surface area contributed by atoms with Gasteiger partial charge in [0, 0.05) is 22.7 Å². The van der Waals surface area contributed by atoms with Gasteiger partial charge in [0.05, 0.1) is 0 Å². The van der Waals surface area contributed by atoms with Gasteiger partial charge in [-0.2, -0.15) is 0 Å². The van der Waals surface area contributed by atoms with Crippen LogP contribution in [0.4, 0.5) is 0 Å². The lowest BCUT2D eigenvalue weighted by Gasteiger charge is -2.24. The molecule has 0 atom stereocenters. The van der Waals surface area contributed by atoms with Gasteiger partial charge < -0.3 is 11.1 Å². The molecule has 0 aliphatic heterocycles. The molecule has 0 heterocycles. The summed E-state index contributed by atoms with van der Waals surface area (Å²) in [6.45, 7) is 5.97. The van der Waals surface area contributed by atoms with Crippen LogP contribution in [0.3, 0.4) is 0 Å². The standard InChI is InChI=1S/C12H17ClN2O/c1-8-9(5-4-6-10(8)13)11(16)15-12(2,3)7-14/h4-6H,7,14H2,1-3H3,(H,15,16). The molecular weight excluding hydrogens is 224 g/mol. The van der Waals surface area contributed by atoms with Crippen LogP contribution >= 0.6 is 11.6 Å². The fourth-order valence-electron chi connectivity index (χ4n) is 1.28. The zero-order chi connectivity index (χ0) is 12.3. The van der Waals surface area contributed by atoms with E-state index in [0.29, 0.717) is 17.1 Å². The lowest BCUT2D eigenvalue weighted by molar-refractivity contribution is 0.0915. The monoisotopic (exact) mass is 240 g/mol. The topological polar surface area (TPSA) is 55.1 Å². The number of nitrogens with two attached hydrogens (primary N) is 1. The van der Waals surface area contributed by atoms with Crippen LogP contribution < -0.4 is 11.1 Å². The molecule has 0 aromatic heterocycles. The van der Waals surface area contributed by atoms with Gasteiger partial charge in [-0.05, 0) is 38.5 Å². The summed E-state index contributed by atoms with van der Waals surface area (Å²) in [5, 5.41) is 3.46. The van der Waals surface area contributed by atoms with Gasteiger partial charge in [-0.1, -0.05) is 17.7 Å². The van der Waals surface area contributed by atoms with Crippen molar-refractivity contribution in [2.24, 2.45) is 5.73 Å². The lowest BCUT2D eigenvalue weighted by atomic mass is 10.0. The second-order valence-electron chi connectivity index (χ2n) is 4.45. The molecule has 0 saturated heterocycles. The van der Waals surface area contributed by atoms with Crippen LogP contribution in [0.1, 0.15) is 29.8 Å². The molecule has 0 unspecified atom stereocenters. The van der Waals surface area contributed by atoms with Crippen molar-refractivity contribution in [2.45, 2.75) is 26.3 Å². The predicted molar refractivity (Wildman–Crippen MR) is 66.8 cm³/mol. The number of benzene rings is 1. The van der Waals surface area contributed by atoms with E-state index in [2.05, 4.69) is 5.32 Å². The molecule has 0 radical (unpaired) electrons. The van der Waals surface area contributed by atoms with Crippen molar-refractivity contribution in [2.75, 3.05) is 6.54 Å². The summed E-state index contributed by atoms with van der Waals surface area (Å²) < 4.78 is 0. The minimum Gasteiger partial charge on any atom is -0.346 e. The van der Waals surface area contributed by atoms with Gasteiger partial charge in [-0.3, -0.25) is 4.79 Å². The van der Waals surface area contributed by atoms with E-state index in [4.69, 9.17) is 17.3 Å². The summed E-state index contributed by atoms with van der Waals surface area (Å²) in [4.78, 5) is 12.0. The third-order valence-electron chi connectivity index (χ3n) is 2.47. The largest absolute Gasteiger partial charge is 0.346 e. The van der Waals surface area contributed by atoms with Crippen molar-refractivity contribution >= 4 is 17.5 Å². The average Bonchev–Trinajstić information content (AvgIpc) is 2.21. The second kappa shape index (κ2) is 4.85. The zero-order valence-corrected chi connectivity index (χ0v) is 10.6. The molecule has 0 bridgehead atoms. The number of hydrogen-bond donors (Lipinski definition) is 2. The zero-order valence-electron chi connectivity index (χ0n) is 9.80. The fourth-order valence-corrected chi connectivity index (χ4v) is 1.45. The highest BCUT2D eigenvalue weighted by atomic mass is 35.5. The number of hydrogen-bond acceptors (Lipinski definition) is 2. The Balaban J connectivity index is 2.94. The van der Waals surface area contributed by atoms with Crippen molar-refractivity contribution in [3.8, 4) is 0 Å². The van der Waals surface area contributed by atoms with Gasteiger partial charge in [-0.15, -0.1) is 0 Å². The van der Waals surface area contributed by atoms with Crippen LogP contribution in [0.15, 0.2) is 18.2 Å². The van der Waals surface area contributed by atoms with Gasteiger partial charge in [0.2, 0.25) is 0 Å². The smallest absolute Gasteiger partial charge is 0.252 e. The molecule has 0 spiro atoms. The molecular formula is C12H17ClN2O. The van der Waals surface area contributed by atoms with Crippen LogP contribution in [0, 0.1) is 6.92 Å². The molecule has 4 heteroatoms. The maximum Gasteiger partial charge on any atom is 0.252 e. The maximum absolute atomic E-state index is 12.0. The Morgan fingerprint density at radius 2 is 2.12 bits per heavy atom. The first kappa shape index (κ1) is 13.0. The minimum absolute atomic E-state index is 0.143. The molecule has 16 heavy (non-hydrogen) atoms. The van der Waals surface area contributed by atoms with E-state index in [0.717, 1.165) is 5.56 Å². The van der Waals surface area contributed by atoms with Gasteiger partial charge in [0.1, 0.15) is 0 Å². The van der Waals surface area contributed by atoms with E-state index in [1.807, 2.05) is 20.8 Å². The van der Waals surface area contributed by atoms with E-state index in [9.17, 15) is 4.79 Å². The quantitative estimate of drug-likeness (QED) is 0.850. The first-order chi connectivity index (χ1) is 7.37. The highest BCUT2D eigenvalue weighted by molar-refractivity contribution is 6.31. The van der Waals surface area contributed by atoms with Crippen molar-refractivity contribution in [1.82, 2.24) is 5.32 Å². The molecule has 0 aliphatic carbocycles.